The fraction of sp³-hybridized carbons (Fsp3) is 0.304. The lowest BCUT2D eigenvalue weighted by atomic mass is 10.1. The van der Waals surface area contributed by atoms with Gasteiger partial charge in [-0.05, 0) is 62.1 Å². The van der Waals surface area contributed by atoms with Crippen LogP contribution in [0.4, 0.5) is 5.69 Å². The zero-order valence-corrected chi connectivity index (χ0v) is 19.7. The van der Waals surface area contributed by atoms with E-state index in [1.54, 1.807) is 24.4 Å². The molecule has 3 aromatic rings. The van der Waals surface area contributed by atoms with Crippen molar-refractivity contribution in [3.8, 4) is 5.69 Å². The molecule has 0 bridgehead atoms. The number of benzene rings is 2. The van der Waals surface area contributed by atoms with Gasteiger partial charge in [0.1, 0.15) is 0 Å². The molecular weight excluding hydrogens is 444 g/mol. The molecule has 1 N–H and O–H groups in total. The van der Waals surface area contributed by atoms with Crippen LogP contribution in [0.25, 0.3) is 5.69 Å². The van der Waals surface area contributed by atoms with Gasteiger partial charge in [-0.3, -0.25) is 9.36 Å². The summed E-state index contributed by atoms with van der Waals surface area (Å²) in [5.41, 5.74) is 3.77. The van der Waals surface area contributed by atoms with Gasteiger partial charge in [0.2, 0.25) is 15.9 Å². The number of rotatable bonds is 7. The summed E-state index contributed by atoms with van der Waals surface area (Å²) in [5, 5.41) is 3.53. The number of aryl methyl sites for hydroxylation is 2. The highest BCUT2D eigenvalue weighted by Crippen LogP contribution is 2.25. The third kappa shape index (κ3) is 4.90. The minimum atomic E-state index is -3.53. The van der Waals surface area contributed by atoms with E-state index < -0.39 is 10.0 Å². The normalized spacial score (nSPS) is 14.6. The van der Waals surface area contributed by atoms with Crippen LogP contribution in [-0.4, -0.2) is 47.0 Å². The molecule has 4 rings (SSSR count). The molecule has 1 fully saturated rings. The molecule has 7 nitrogen and oxygen atoms in total. The Balaban J connectivity index is 1.43. The van der Waals surface area contributed by atoms with Crippen molar-refractivity contribution < 1.29 is 13.2 Å². The molecular formula is C23H26N4O3S2. The summed E-state index contributed by atoms with van der Waals surface area (Å²) in [6.45, 7) is 5.17. The molecule has 1 saturated heterocycles. The second kappa shape index (κ2) is 9.48. The van der Waals surface area contributed by atoms with E-state index >= 15 is 0 Å². The van der Waals surface area contributed by atoms with Gasteiger partial charge in [0.05, 0.1) is 16.3 Å². The summed E-state index contributed by atoms with van der Waals surface area (Å²) in [7, 11) is -3.53. The zero-order chi connectivity index (χ0) is 22.7. The van der Waals surface area contributed by atoms with Crippen LogP contribution >= 0.6 is 11.8 Å². The van der Waals surface area contributed by atoms with E-state index in [2.05, 4.69) is 28.5 Å². The van der Waals surface area contributed by atoms with Gasteiger partial charge in [-0.25, -0.2) is 13.4 Å². The van der Waals surface area contributed by atoms with Crippen LogP contribution in [0.15, 0.2) is 64.9 Å². The summed E-state index contributed by atoms with van der Waals surface area (Å²) in [5.74, 6) is -0.0634. The van der Waals surface area contributed by atoms with E-state index in [1.165, 1.54) is 22.1 Å². The molecule has 168 valence electrons. The second-order valence-corrected chi connectivity index (χ2v) is 10.7. The molecule has 1 aromatic heterocycles. The van der Waals surface area contributed by atoms with Crippen molar-refractivity contribution in [2.45, 2.75) is 36.7 Å². The molecule has 1 amide bonds. The van der Waals surface area contributed by atoms with E-state index in [-0.39, 0.29) is 16.6 Å². The van der Waals surface area contributed by atoms with Crippen LogP contribution in [0.1, 0.15) is 24.0 Å². The average molecular weight is 471 g/mol. The molecule has 32 heavy (non-hydrogen) atoms. The summed E-state index contributed by atoms with van der Waals surface area (Å²) >= 11 is 1.33. The fourth-order valence-electron chi connectivity index (χ4n) is 3.70. The first-order chi connectivity index (χ1) is 15.3. The van der Waals surface area contributed by atoms with Crippen LogP contribution < -0.4 is 5.32 Å². The van der Waals surface area contributed by atoms with Gasteiger partial charge in [-0.15, -0.1) is 0 Å². The Morgan fingerprint density at radius 2 is 1.91 bits per heavy atom. The molecule has 0 aliphatic carbocycles. The predicted octanol–water partition coefficient (Wildman–Crippen LogP) is 4.00. The molecule has 1 aliphatic rings. The first-order valence-electron chi connectivity index (χ1n) is 10.5. The Bertz CT molecular complexity index is 1230. The number of amides is 1. The average Bonchev–Trinajstić information content (AvgIpc) is 3.47. The standard InChI is InChI=1S/C23H26N4O3S2/c1-17-8-9-18(2)21(14-17)27-13-10-24-23(27)31-16-22(28)25-19-6-5-7-20(15-19)32(29,30)26-11-3-4-12-26/h5-10,13-15H,3-4,11-12,16H2,1-2H3,(H,25,28). The number of anilines is 1. The van der Waals surface area contributed by atoms with Gasteiger partial charge in [0.25, 0.3) is 0 Å². The van der Waals surface area contributed by atoms with Gasteiger partial charge in [0, 0.05) is 31.2 Å². The third-order valence-corrected chi connectivity index (χ3v) is 8.25. The fourth-order valence-corrected chi connectivity index (χ4v) is 6.03. The first kappa shape index (κ1) is 22.6. The van der Waals surface area contributed by atoms with Gasteiger partial charge < -0.3 is 5.32 Å². The van der Waals surface area contributed by atoms with Crippen molar-refractivity contribution in [2.24, 2.45) is 0 Å². The van der Waals surface area contributed by atoms with Crippen LogP contribution in [0, 0.1) is 13.8 Å². The number of nitrogens with one attached hydrogen (secondary N) is 1. The van der Waals surface area contributed by atoms with Crippen molar-refractivity contribution in [3.63, 3.8) is 0 Å². The number of sulfonamides is 1. The molecule has 9 heteroatoms. The maximum Gasteiger partial charge on any atom is 0.243 e. The predicted molar refractivity (Wildman–Crippen MR) is 127 cm³/mol. The van der Waals surface area contributed by atoms with E-state index in [9.17, 15) is 13.2 Å². The number of hydrogen-bond acceptors (Lipinski definition) is 5. The molecule has 0 spiro atoms. The van der Waals surface area contributed by atoms with E-state index in [0.717, 1.165) is 34.8 Å². The Labute approximate surface area is 192 Å². The Hall–Kier alpha value is -2.62. The summed E-state index contributed by atoms with van der Waals surface area (Å²) in [6, 6.07) is 12.7. The van der Waals surface area contributed by atoms with Gasteiger partial charge in [-0.2, -0.15) is 4.31 Å². The summed E-state index contributed by atoms with van der Waals surface area (Å²) < 4.78 is 29.0. The van der Waals surface area contributed by atoms with Crippen molar-refractivity contribution in [1.82, 2.24) is 13.9 Å². The van der Waals surface area contributed by atoms with Crippen LogP contribution in [-0.2, 0) is 14.8 Å². The minimum Gasteiger partial charge on any atom is -0.325 e. The van der Waals surface area contributed by atoms with Crippen molar-refractivity contribution in [3.05, 3.63) is 66.0 Å². The molecule has 2 heterocycles. The number of nitrogens with zero attached hydrogens (tertiary/aromatic N) is 3. The molecule has 0 radical (unpaired) electrons. The Morgan fingerprint density at radius 3 is 2.69 bits per heavy atom. The lowest BCUT2D eigenvalue weighted by Crippen LogP contribution is -2.28. The van der Waals surface area contributed by atoms with E-state index in [1.807, 2.05) is 24.6 Å². The van der Waals surface area contributed by atoms with Gasteiger partial charge in [-0.1, -0.05) is 30.0 Å². The lowest BCUT2D eigenvalue weighted by molar-refractivity contribution is -0.113. The van der Waals surface area contributed by atoms with Crippen molar-refractivity contribution in [1.29, 1.82) is 0 Å². The molecule has 0 unspecified atom stereocenters. The van der Waals surface area contributed by atoms with Crippen molar-refractivity contribution >= 4 is 33.4 Å². The summed E-state index contributed by atoms with van der Waals surface area (Å²) in [4.78, 5) is 17.2. The minimum absolute atomic E-state index is 0.158. The molecule has 2 aromatic carbocycles. The van der Waals surface area contributed by atoms with Gasteiger partial charge >= 0.3 is 0 Å². The number of carbonyl (C=O) groups is 1. The SMILES string of the molecule is Cc1ccc(C)c(-n2ccnc2SCC(=O)Nc2cccc(S(=O)(=O)N3CCCC3)c2)c1. The highest BCUT2D eigenvalue weighted by Gasteiger charge is 2.27. The maximum atomic E-state index is 12.8. The Morgan fingerprint density at radius 1 is 1.12 bits per heavy atom. The van der Waals surface area contributed by atoms with Crippen LogP contribution in [0.2, 0.25) is 0 Å². The van der Waals surface area contributed by atoms with E-state index in [0.29, 0.717) is 18.8 Å². The van der Waals surface area contributed by atoms with Crippen molar-refractivity contribution in [2.75, 3.05) is 24.2 Å². The molecule has 0 saturated carbocycles. The number of carbonyl (C=O) groups excluding carboxylic acids is 1. The number of hydrogen-bond donors (Lipinski definition) is 1. The van der Waals surface area contributed by atoms with Crippen LogP contribution in [0.5, 0.6) is 0 Å². The molecule has 0 atom stereocenters. The quantitative estimate of drug-likeness (QED) is 0.528. The third-order valence-electron chi connectivity index (χ3n) is 5.38. The highest BCUT2D eigenvalue weighted by atomic mass is 32.2. The smallest absolute Gasteiger partial charge is 0.243 e. The second-order valence-electron chi connectivity index (χ2n) is 7.85. The number of thioether (sulfide) groups is 1. The molecule has 1 aliphatic heterocycles. The lowest BCUT2D eigenvalue weighted by Gasteiger charge is -2.16. The topological polar surface area (TPSA) is 84.3 Å². The maximum absolute atomic E-state index is 12.8. The number of imidazole rings is 1. The summed E-state index contributed by atoms with van der Waals surface area (Å²) in [6.07, 6.45) is 5.36. The highest BCUT2D eigenvalue weighted by molar-refractivity contribution is 7.99. The van der Waals surface area contributed by atoms with Crippen LogP contribution in [0.3, 0.4) is 0 Å². The van der Waals surface area contributed by atoms with E-state index in [4.69, 9.17) is 0 Å². The monoisotopic (exact) mass is 470 g/mol. The largest absolute Gasteiger partial charge is 0.325 e. The first-order valence-corrected chi connectivity index (χ1v) is 12.9. The Kier molecular flexibility index (Phi) is 6.68. The van der Waals surface area contributed by atoms with Gasteiger partial charge in [0.15, 0.2) is 5.16 Å². The number of aromatic nitrogens is 2. The zero-order valence-electron chi connectivity index (χ0n) is 18.1.